The predicted octanol–water partition coefficient (Wildman–Crippen LogP) is 12.0. The molecular weight excluding hydrogens is 743 g/mol. The molecule has 46 heavy (non-hydrogen) atoms. The SMILES string of the molecule is CC(C)C(C)(C(=O)/C=C(\O)C(C)(C(C)C)C(C)C)C(C)C.CCC(C)(CC)c1cc(-c2[c-]c(C)cc(C)c2)nc2ccccc12.[Ir]. The van der Waals surface area contributed by atoms with Crippen molar-refractivity contribution in [3.63, 3.8) is 0 Å². The van der Waals surface area contributed by atoms with Gasteiger partial charge in [0.2, 0.25) is 0 Å². The number of benzene rings is 2. The third-order valence-corrected chi connectivity index (χ3v) is 11.5. The summed E-state index contributed by atoms with van der Waals surface area (Å²) in [6, 6.07) is 18.6. The van der Waals surface area contributed by atoms with E-state index < -0.39 is 5.41 Å². The molecule has 0 aliphatic heterocycles. The molecule has 0 fully saturated rings. The number of allylic oxidation sites excluding steroid dienone is 2. The predicted molar refractivity (Wildman–Crippen MR) is 195 cm³/mol. The van der Waals surface area contributed by atoms with Crippen LogP contribution in [0.2, 0.25) is 0 Å². The number of carbonyl (C=O) groups excluding carboxylic acids is 1. The number of fused-ring (bicyclic) bond motifs is 1. The first-order chi connectivity index (χ1) is 20.8. The summed E-state index contributed by atoms with van der Waals surface area (Å²) in [7, 11) is 0. The number of nitrogens with zero attached hydrogens (tertiary/aromatic N) is 1. The first-order valence-electron chi connectivity index (χ1n) is 17.2. The van der Waals surface area contributed by atoms with Crippen LogP contribution < -0.4 is 0 Å². The minimum Gasteiger partial charge on any atom is -0.512 e. The first kappa shape index (κ1) is 41.7. The Balaban J connectivity index is 0.000000456. The molecule has 3 nitrogen and oxygen atoms in total. The second-order valence-electron chi connectivity index (χ2n) is 15.2. The van der Waals surface area contributed by atoms with Gasteiger partial charge in [-0.2, -0.15) is 0 Å². The molecule has 3 aromatic rings. The first-order valence-corrected chi connectivity index (χ1v) is 17.2. The smallest absolute Gasteiger partial charge is 0.165 e. The van der Waals surface area contributed by atoms with Gasteiger partial charge in [0.1, 0.15) is 5.76 Å². The Hall–Kier alpha value is -2.29. The average molecular weight is 805 g/mol. The van der Waals surface area contributed by atoms with Crippen LogP contribution in [0.15, 0.2) is 54.3 Å². The molecular formula is C42H62IrNO2-. The van der Waals surface area contributed by atoms with Gasteiger partial charge < -0.3 is 5.11 Å². The molecule has 0 saturated heterocycles. The van der Waals surface area contributed by atoms with Crippen LogP contribution in [0.1, 0.15) is 120 Å². The van der Waals surface area contributed by atoms with Crippen LogP contribution in [0.5, 0.6) is 0 Å². The van der Waals surface area contributed by atoms with Crippen LogP contribution in [0.4, 0.5) is 0 Å². The molecule has 4 heteroatoms. The molecule has 0 amide bonds. The van der Waals surface area contributed by atoms with Gasteiger partial charge in [-0.3, -0.25) is 9.78 Å². The molecule has 1 N–H and O–H groups in total. The molecule has 0 atom stereocenters. The van der Waals surface area contributed by atoms with E-state index in [4.69, 9.17) is 4.98 Å². The quantitative estimate of drug-likeness (QED) is 0.119. The zero-order valence-corrected chi connectivity index (χ0v) is 33.9. The summed E-state index contributed by atoms with van der Waals surface area (Å²) >= 11 is 0. The fraction of sp³-hybridized carbons (Fsp3) is 0.571. The molecule has 2 aromatic carbocycles. The maximum atomic E-state index is 12.8. The van der Waals surface area contributed by atoms with Crippen molar-refractivity contribution in [2.75, 3.05) is 0 Å². The second-order valence-corrected chi connectivity index (χ2v) is 15.2. The van der Waals surface area contributed by atoms with Crippen molar-refractivity contribution in [2.45, 2.75) is 122 Å². The van der Waals surface area contributed by atoms with Gasteiger partial charge in [-0.05, 0) is 59.3 Å². The van der Waals surface area contributed by atoms with E-state index in [0.717, 1.165) is 35.2 Å². The average Bonchev–Trinajstić information content (AvgIpc) is 2.98. The van der Waals surface area contributed by atoms with Crippen LogP contribution in [0, 0.1) is 54.4 Å². The van der Waals surface area contributed by atoms with Crippen molar-refractivity contribution in [1.82, 2.24) is 4.98 Å². The molecule has 257 valence electrons. The molecule has 1 heterocycles. The third kappa shape index (κ3) is 8.78. The van der Waals surface area contributed by atoms with E-state index in [9.17, 15) is 9.90 Å². The molecule has 0 aliphatic carbocycles. The van der Waals surface area contributed by atoms with Crippen LogP contribution in [-0.2, 0) is 30.3 Å². The van der Waals surface area contributed by atoms with Crippen LogP contribution in [-0.4, -0.2) is 15.9 Å². The number of aliphatic hydroxyl groups excluding tert-OH is 1. The van der Waals surface area contributed by atoms with Crippen molar-refractivity contribution < 1.29 is 30.0 Å². The number of aliphatic hydroxyl groups is 1. The Kier molecular flexibility index (Phi) is 15.1. The largest absolute Gasteiger partial charge is 0.512 e. The van der Waals surface area contributed by atoms with Gasteiger partial charge in [-0.25, -0.2) is 0 Å². The number of aryl methyl sites for hydroxylation is 2. The van der Waals surface area contributed by atoms with Gasteiger partial charge in [0, 0.05) is 42.4 Å². The second kappa shape index (κ2) is 16.7. The number of pyridine rings is 1. The third-order valence-electron chi connectivity index (χ3n) is 11.5. The molecule has 0 saturated carbocycles. The summed E-state index contributed by atoms with van der Waals surface area (Å²) in [4.78, 5) is 17.8. The van der Waals surface area contributed by atoms with Crippen molar-refractivity contribution in [2.24, 2.45) is 34.5 Å². The molecule has 0 aliphatic rings. The number of carbonyl (C=O) groups is 1. The monoisotopic (exact) mass is 805 g/mol. The van der Waals surface area contributed by atoms with Gasteiger partial charge in [0.15, 0.2) is 5.78 Å². The van der Waals surface area contributed by atoms with E-state index >= 15 is 0 Å². The zero-order chi connectivity index (χ0) is 34.5. The molecule has 1 aromatic heterocycles. The zero-order valence-electron chi connectivity index (χ0n) is 31.5. The van der Waals surface area contributed by atoms with Crippen LogP contribution in [0.3, 0.4) is 0 Å². The van der Waals surface area contributed by atoms with E-state index in [1.54, 1.807) is 0 Å². The van der Waals surface area contributed by atoms with Crippen molar-refractivity contribution in [3.8, 4) is 11.3 Å². The minimum atomic E-state index is -0.442. The van der Waals surface area contributed by atoms with E-state index in [0.29, 0.717) is 0 Å². The summed E-state index contributed by atoms with van der Waals surface area (Å²) in [5.74, 6) is 1.27. The van der Waals surface area contributed by atoms with Crippen LogP contribution >= 0.6 is 0 Å². The van der Waals surface area contributed by atoms with Crippen LogP contribution in [0.25, 0.3) is 22.2 Å². The Labute approximate surface area is 295 Å². The maximum absolute atomic E-state index is 12.8. The molecule has 0 spiro atoms. The van der Waals surface area contributed by atoms with Gasteiger partial charge in [0.25, 0.3) is 0 Å². The fourth-order valence-corrected chi connectivity index (χ4v) is 6.41. The van der Waals surface area contributed by atoms with Crippen molar-refractivity contribution in [3.05, 3.63) is 77.1 Å². The van der Waals surface area contributed by atoms with Gasteiger partial charge in [-0.1, -0.05) is 128 Å². The molecule has 3 rings (SSSR count). The van der Waals surface area contributed by atoms with Crippen molar-refractivity contribution >= 4 is 16.7 Å². The normalized spacial score (nSPS) is 12.9. The summed E-state index contributed by atoms with van der Waals surface area (Å²) in [6.45, 7) is 31.9. The summed E-state index contributed by atoms with van der Waals surface area (Å²) < 4.78 is 0. The Bertz CT molecular complexity index is 1440. The number of ketones is 1. The number of hydrogen-bond donors (Lipinski definition) is 1. The van der Waals surface area contributed by atoms with Crippen molar-refractivity contribution in [1.29, 1.82) is 0 Å². The Morgan fingerprint density at radius 2 is 1.33 bits per heavy atom. The van der Waals surface area contributed by atoms with E-state index in [2.05, 4.69) is 139 Å². The van der Waals surface area contributed by atoms with E-state index in [1.807, 2.05) is 13.8 Å². The number of hydrogen-bond acceptors (Lipinski definition) is 3. The topological polar surface area (TPSA) is 50.2 Å². The summed E-state index contributed by atoms with van der Waals surface area (Å²) in [5.41, 5.74) is 6.37. The van der Waals surface area contributed by atoms with Gasteiger partial charge >= 0.3 is 0 Å². The number of rotatable bonds is 11. The van der Waals surface area contributed by atoms with Gasteiger partial charge in [0.05, 0.1) is 5.52 Å². The van der Waals surface area contributed by atoms with Gasteiger partial charge in [-0.15, -0.1) is 34.9 Å². The molecule has 0 bridgehead atoms. The minimum absolute atomic E-state index is 0. The maximum Gasteiger partial charge on any atom is 0.165 e. The number of aromatic nitrogens is 1. The Morgan fingerprint density at radius 1 is 0.826 bits per heavy atom. The summed E-state index contributed by atoms with van der Waals surface area (Å²) in [6.07, 6.45) is 3.74. The molecule has 1 radical (unpaired) electrons. The fourth-order valence-electron chi connectivity index (χ4n) is 6.41. The Morgan fingerprint density at radius 3 is 1.78 bits per heavy atom. The summed E-state index contributed by atoms with van der Waals surface area (Å²) in [5, 5.41) is 11.9. The standard InChI is InChI=1S/C23H26N.C19H36O2.Ir/c1-6-23(5,7-2)20-15-22(18-13-16(3)12-17(4)14-18)24-21-11-9-8-10-19(20)21;1-12(2)18(9,13(3)4)16(20)11-17(21)19(10,14(5)6)15(7)8;/h8-13,15H,6-7H2,1-5H3;11-15,20H,1-10H3;/q-1;;/b;16-11-;. The number of para-hydroxylation sites is 1. The molecule has 0 unspecified atom stereocenters. The van der Waals surface area contributed by atoms with E-state index in [1.165, 1.54) is 22.6 Å². The van der Waals surface area contributed by atoms with E-state index in [-0.39, 0.29) is 66.1 Å².